The van der Waals surface area contributed by atoms with Gasteiger partial charge in [0.2, 0.25) is 5.91 Å². The van der Waals surface area contributed by atoms with Crippen molar-refractivity contribution in [2.45, 2.75) is 39.0 Å². The van der Waals surface area contributed by atoms with E-state index in [1.165, 1.54) is 12.7 Å². The summed E-state index contributed by atoms with van der Waals surface area (Å²) in [6, 6.07) is 8.35. The number of amides is 1. The van der Waals surface area contributed by atoms with Gasteiger partial charge in [-0.15, -0.1) is 0 Å². The van der Waals surface area contributed by atoms with Crippen molar-refractivity contribution < 1.29 is 19.4 Å². The zero-order valence-electron chi connectivity index (χ0n) is 14.7. The normalized spacial score (nSPS) is 20.6. The van der Waals surface area contributed by atoms with Gasteiger partial charge in [0.05, 0.1) is 6.61 Å². The Hall–Kier alpha value is -1.88. The Balaban J connectivity index is 1.90. The Morgan fingerprint density at radius 1 is 1.29 bits per heavy atom. The lowest BCUT2D eigenvalue weighted by molar-refractivity contribution is -0.151. The molecular formula is C19H27NO4. The van der Waals surface area contributed by atoms with Crippen molar-refractivity contribution in [2.75, 3.05) is 26.8 Å². The molecule has 0 aromatic heterocycles. The van der Waals surface area contributed by atoms with E-state index in [1.54, 1.807) is 4.90 Å². The third kappa shape index (κ3) is 4.15. The van der Waals surface area contributed by atoms with E-state index in [0.717, 1.165) is 5.56 Å². The van der Waals surface area contributed by atoms with E-state index in [9.17, 15) is 14.7 Å². The van der Waals surface area contributed by atoms with Crippen LogP contribution in [-0.2, 0) is 20.7 Å². The number of rotatable bonds is 7. The number of nitrogens with zero attached hydrogens (tertiary/aromatic N) is 1. The van der Waals surface area contributed by atoms with Gasteiger partial charge in [0, 0.05) is 26.6 Å². The van der Waals surface area contributed by atoms with Crippen LogP contribution in [0.1, 0.15) is 43.7 Å². The molecule has 0 spiro atoms. The standard InChI is InChI=1S/C19H27NO4/c1-14(2)16-7-4-15(5-8-16)6-9-17(21)20-11-10-19(12-20,13-24-3)18(22)23/h4-5,7-8,14H,6,9-13H2,1-3H3,(H,22,23). The van der Waals surface area contributed by atoms with Crippen molar-refractivity contribution in [1.29, 1.82) is 0 Å². The Labute approximate surface area is 143 Å². The molecule has 1 heterocycles. The van der Waals surface area contributed by atoms with Crippen LogP contribution in [0, 0.1) is 5.41 Å². The molecular weight excluding hydrogens is 306 g/mol. The molecule has 5 heteroatoms. The van der Waals surface area contributed by atoms with E-state index >= 15 is 0 Å². The maximum absolute atomic E-state index is 12.4. The highest BCUT2D eigenvalue weighted by molar-refractivity contribution is 5.81. The molecule has 1 aliphatic rings. The number of aryl methyl sites for hydroxylation is 1. The highest BCUT2D eigenvalue weighted by Gasteiger charge is 2.46. The Bertz CT molecular complexity index is 582. The van der Waals surface area contributed by atoms with Gasteiger partial charge in [0.1, 0.15) is 5.41 Å². The van der Waals surface area contributed by atoms with Crippen LogP contribution in [0.4, 0.5) is 0 Å². The average molecular weight is 333 g/mol. The Morgan fingerprint density at radius 3 is 2.50 bits per heavy atom. The third-order valence-corrected chi connectivity index (χ3v) is 4.85. The van der Waals surface area contributed by atoms with E-state index in [2.05, 4.69) is 38.1 Å². The van der Waals surface area contributed by atoms with Crippen molar-refractivity contribution in [3.05, 3.63) is 35.4 Å². The van der Waals surface area contributed by atoms with Crippen molar-refractivity contribution >= 4 is 11.9 Å². The number of carbonyl (C=O) groups is 2. The number of carboxylic acid groups (broad SMARTS) is 1. The molecule has 0 saturated carbocycles. The van der Waals surface area contributed by atoms with Crippen molar-refractivity contribution in [3.63, 3.8) is 0 Å². The highest BCUT2D eigenvalue weighted by Crippen LogP contribution is 2.31. The SMILES string of the molecule is COCC1(C(=O)O)CCN(C(=O)CCc2ccc(C(C)C)cc2)C1. The lowest BCUT2D eigenvalue weighted by atomic mass is 9.88. The Kier molecular flexibility index (Phi) is 5.99. The van der Waals surface area contributed by atoms with E-state index in [-0.39, 0.29) is 19.1 Å². The molecule has 5 nitrogen and oxygen atoms in total. The summed E-state index contributed by atoms with van der Waals surface area (Å²) in [5, 5.41) is 9.46. The van der Waals surface area contributed by atoms with Crippen LogP contribution in [0.3, 0.4) is 0 Å². The number of methoxy groups -OCH3 is 1. The summed E-state index contributed by atoms with van der Waals surface area (Å²) in [6.07, 6.45) is 1.53. The number of aliphatic carboxylic acids is 1. The van der Waals surface area contributed by atoms with E-state index in [4.69, 9.17) is 4.74 Å². The largest absolute Gasteiger partial charge is 0.481 e. The molecule has 0 bridgehead atoms. The van der Waals surface area contributed by atoms with Gasteiger partial charge in [-0.2, -0.15) is 0 Å². The number of carbonyl (C=O) groups excluding carboxylic acids is 1. The molecule has 24 heavy (non-hydrogen) atoms. The molecule has 132 valence electrons. The van der Waals surface area contributed by atoms with Crippen LogP contribution in [0.15, 0.2) is 24.3 Å². The predicted molar refractivity (Wildman–Crippen MR) is 92.0 cm³/mol. The number of hydrogen-bond donors (Lipinski definition) is 1. The van der Waals surface area contributed by atoms with Crippen molar-refractivity contribution in [1.82, 2.24) is 4.90 Å². The fraction of sp³-hybridized carbons (Fsp3) is 0.579. The first-order chi connectivity index (χ1) is 11.4. The van der Waals surface area contributed by atoms with Gasteiger partial charge in [0.25, 0.3) is 0 Å². The first-order valence-electron chi connectivity index (χ1n) is 8.47. The molecule has 1 unspecified atom stereocenters. The van der Waals surface area contributed by atoms with Gasteiger partial charge < -0.3 is 14.7 Å². The number of ether oxygens (including phenoxy) is 1. The van der Waals surface area contributed by atoms with Crippen LogP contribution in [0.25, 0.3) is 0 Å². The lowest BCUT2D eigenvalue weighted by Crippen LogP contribution is -2.40. The molecule has 1 atom stereocenters. The second kappa shape index (κ2) is 7.79. The molecule has 1 aromatic rings. The molecule has 1 fully saturated rings. The smallest absolute Gasteiger partial charge is 0.313 e. The molecule has 1 amide bonds. The quantitative estimate of drug-likeness (QED) is 0.833. The number of benzene rings is 1. The topological polar surface area (TPSA) is 66.8 Å². The highest BCUT2D eigenvalue weighted by atomic mass is 16.5. The summed E-state index contributed by atoms with van der Waals surface area (Å²) in [5.74, 6) is -0.374. The molecule has 1 aromatic carbocycles. The van der Waals surface area contributed by atoms with Gasteiger partial charge in [0.15, 0.2) is 0 Å². The minimum Gasteiger partial charge on any atom is -0.481 e. The third-order valence-electron chi connectivity index (χ3n) is 4.85. The van der Waals surface area contributed by atoms with Crippen LogP contribution >= 0.6 is 0 Å². The molecule has 1 N–H and O–H groups in total. The first kappa shape index (κ1) is 18.5. The fourth-order valence-corrected chi connectivity index (χ4v) is 3.19. The summed E-state index contributed by atoms with van der Waals surface area (Å²) in [5.41, 5.74) is 1.47. The van der Waals surface area contributed by atoms with Gasteiger partial charge >= 0.3 is 5.97 Å². The van der Waals surface area contributed by atoms with Gasteiger partial charge in [-0.25, -0.2) is 0 Å². The van der Waals surface area contributed by atoms with Gasteiger partial charge in [-0.1, -0.05) is 38.1 Å². The number of carboxylic acids is 1. The number of likely N-dealkylation sites (tertiary alicyclic amines) is 1. The lowest BCUT2D eigenvalue weighted by Gasteiger charge is -2.23. The molecule has 1 aliphatic heterocycles. The summed E-state index contributed by atoms with van der Waals surface area (Å²) in [6.45, 7) is 5.17. The van der Waals surface area contributed by atoms with E-state index in [1.807, 2.05) is 0 Å². The minimum absolute atomic E-state index is 0.0159. The second-order valence-electron chi connectivity index (χ2n) is 6.98. The van der Waals surface area contributed by atoms with Crippen LogP contribution in [0.2, 0.25) is 0 Å². The molecule has 2 rings (SSSR count). The Morgan fingerprint density at radius 2 is 1.96 bits per heavy atom. The van der Waals surface area contributed by atoms with Crippen molar-refractivity contribution in [3.8, 4) is 0 Å². The maximum atomic E-state index is 12.4. The second-order valence-corrected chi connectivity index (χ2v) is 6.98. The summed E-state index contributed by atoms with van der Waals surface area (Å²) >= 11 is 0. The summed E-state index contributed by atoms with van der Waals surface area (Å²) in [7, 11) is 1.50. The van der Waals surface area contributed by atoms with Crippen molar-refractivity contribution in [2.24, 2.45) is 5.41 Å². The van der Waals surface area contributed by atoms with Crippen LogP contribution in [-0.4, -0.2) is 48.7 Å². The van der Waals surface area contributed by atoms with Gasteiger partial charge in [-0.3, -0.25) is 9.59 Å². The molecule has 1 saturated heterocycles. The maximum Gasteiger partial charge on any atom is 0.313 e. The average Bonchev–Trinajstić information content (AvgIpc) is 2.99. The first-order valence-corrected chi connectivity index (χ1v) is 8.47. The summed E-state index contributed by atoms with van der Waals surface area (Å²) < 4.78 is 5.06. The van der Waals surface area contributed by atoms with Gasteiger partial charge in [-0.05, 0) is 29.9 Å². The number of hydrogen-bond acceptors (Lipinski definition) is 3. The van der Waals surface area contributed by atoms with E-state index < -0.39 is 11.4 Å². The predicted octanol–water partition coefficient (Wildman–Crippen LogP) is 2.69. The van der Waals surface area contributed by atoms with Crippen LogP contribution in [0.5, 0.6) is 0 Å². The fourth-order valence-electron chi connectivity index (χ4n) is 3.19. The molecule has 0 radical (unpaired) electrons. The zero-order chi connectivity index (χ0) is 17.7. The zero-order valence-corrected chi connectivity index (χ0v) is 14.7. The summed E-state index contributed by atoms with van der Waals surface area (Å²) in [4.78, 5) is 25.6. The van der Waals surface area contributed by atoms with E-state index in [0.29, 0.717) is 31.7 Å². The van der Waals surface area contributed by atoms with Crippen LogP contribution < -0.4 is 0 Å². The monoisotopic (exact) mass is 333 g/mol. The molecule has 0 aliphatic carbocycles. The minimum atomic E-state index is -0.955.